The van der Waals surface area contributed by atoms with E-state index >= 15 is 0 Å². The number of hydrogen-bond donors (Lipinski definition) is 2. The van der Waals surface area contributed by atoms with Gasteiger partial charge in [0.1, 0.15) is 11.4 Å². The summed E-state index contributed by atoms with van der Waals surface area (Å²) in [4.78, 5) is 24.6. The van der Waals surface area contributed by atoms with Gasteiger partial charge in [0, 0.05) is 6.08 Å². The molecule has 0 spiro atoms. The summed E-state index contributed by atoms with van der Waals surface area (Å²) in [5, 5.41) is 5.62. The second-order valence-electron chi connectivity index (χ2n) is 7.56. The van der Waals surface area contributed by atoms with Gasteiger partial charge in [-0.25, -0.2) is 0 Å². The van der Waals surface area contributed by atoms with Crippen molar-refractivity contribution in [3.63, 3.8) is 0 Å². The molecule has 0 bridgehead atoms. The Morgan fingerprint density at radius 1 is 0.933 bits per heavy atom. The van der Waals surface area contributed by atoms with Crippen molar-refractivity contribution in [2.75, 3.05) is 10.6 Å². The second kappa shape index (κ2) is 7.87. The van der Waals surface area contributed by atoms with E-state index in [-0.39, 0.29) is 11.8 Å². The third kappa shape index (κ3) is 4.10. The molecule has 0 saturated carbocycles. The van der Waals surface area contributed by atoms with Crippen LogP contribution in [0.2, 0.25) is 0 Å². The van der Waals surface area contributed by atoms with E-state index in [2.05, 4.69) is 22.8 Å². The average molecular weight is 398 g/mol. The second-order valence-corrected chi connectivity index (χ2v) is 7.56. The summed E-state index contributed by atoms with van der Waals surface area (Å²) in [6, 6.07) is 23.3. The quantitative estimate of drug-likeness (QED) is 0.600. The number of benzene rings is 3. The number of carbonyl (C=O) groups is 2. The smallest absolute Gasteiger partial charge is 0.268 e. The molecule has 0 fully saturated rings. The molecule has 0 saturated heterocycles. The van der Waals surface area contributed by atoms with E-state index in [0.29, 0.717) is 17.1 Å². The van der Waals surface area contributed by atoms with Crippen molar-refractivity contribution in [3.8, 4) is 16.9 Å². The summed E-state index contributed by atoms with van der Waals surface area (Å²) in [5.74, 6) is -0.0294. The number of hydrogen-bond acceptors (Lipinski definition) is 3. The zero-order valence-electron chi connectivity index (χ0n) is 16.8. The standard InChI is InChI=1S/C25H22N2O3/c1-25(2)24(29)27-23-20(9-6-10-21(23)30-25)26-22(28)16-13-17-11-14-19(15-12-17)18-7-4-3-5-8-18/h3-16H,1-2H3,(H,26,28)(H,27,29)/b16-13+. The van der Waals surface area contributed by atoms with Crippen molar-refractivity contribution < 1.29 is 14.3 Å². The first kappa shape index (κ1) is 19.5. The SMILES string of the molecule is CC1(C)Oc2cccc(NC(=O)/C=C/c3ccc(-c4ccccc4)cc3)c2NC1=O. The summed E-state index contributed by atoms with van der Waals surface area (Å²) in [7, 11) is 0. The van der Waals surface area contributed by atoms with Gasteiger partial charge in [0.15, 0.2) is 5.60 Å². The van der Waals surface area contributed by atoms with Gasteiger partial charge in [0.2, 0.25) is 5.91 Å². The topological polar surface area (TPSA) is 67.4 Å². The molecule has 1 aliphatic heterocycles. The Morgan fingerprint density at radius 2 is 1.63 bits per heavy atom. The molecule has 150 valence electrons. The van der Waals surface area contributed by atoms with Crippen molar-refractivity contribution in [1.29, 1.82) is 0 Å². The number of amides is 2. The van der Waals surface area contributed by atoms with Crippen molar-refractivity contribution in [2.45, 2.75) is 19.4 Å². The van der Waals surface area contributed by atoms with Gasteiger partial charge in [-0.05, 0) is 48.7 Å². The maximum Gasteiger partial charge on any atom is 0.268 e. The van der Waals surface area contributed by atoms with Crippen molar-refractivity contribution >= 4 is 29.3 Å². The fourth-order valence-corrected chi connectivity index (χ4v) is 3.20. The molecule has 3 aromatic rings. The molecule has 5 nitrogen and oxygen atoms in total. The number of para-hydroxylation sites is 1. The van der Waals surface area contributed by atoms with Gasteiger partial charge in [-0.1, -0.05) is 60.7 Å². The monoisotopic (exact) mass is 398 g/mol. The zero-order valence-corrected chi connectivity index (χ0v) is 16.8. The van der Waals surface area contributed by atoms with Crippen molar-refractivity contribution in [2.24, 2.45) is 0 Å². The minimum Gasteiger partial charge on any atom is -0.476 e. The number of fused-ring (bicyclic) bond motifs is 1. The minimum atomic E-state index is -0.957. The Hall–Kier alpha value is -3.86. The Labute approximate surface area is 175 Å². The lowest BCUT2D eigenvalue weighted by atomic mass is 10.0. The van der Waals surface area contributed by atoms with Crippen molar-refractivity contribution in [3.05, 3.63) is 84.4 Å². The fraction of sp³-hybridized carbons (Fsp3) is 0.120. The molecule has 1 aliphatic rings. The van der Waals surface area contributed by atoms with E-state index in [4.69, 9.17) is 4.74 Å². The maximum absolute atomic E-state index is 12.4. The van der Waals surface area contributed by atoms with Crippen LogP contribution in [0.5, 0.6) is 5.75 Å². The van der Waals surface area contributed by atoms with E-state index < -0.39 is 5.60 Å². The molecule has 0 aliphatic carbocycles. The number of anilines is 2. The first-order chi connectivity index (χ1) is 14.4. The molecule has 1 heterocycles. The first-order valence-electron chi connectivity index (χ1n) is 9.70. The Balaban J connectivity index is 1.46. The molecule has 2 N–H and O–H groups in total. The normalized spacial score (nSPS) is 14.5. The Kier molecular flexibility index (Phi) is 5.11. The van der Waals surface area contributed by atoms with Crippen LogP contribution in [0.4, 0.5) is 11.4 Å². The fourth-order valence-electron chi connectivity index (χ4n) is 3.20. The highest BCUT2D eigenvalue weighted by molar-refractivity contribution is 6.08. The third-order valence-electron chi connectivity index (χ3n) is 4.88. The summed E-state index contributed by atoms with van der Waals surface area (Å²) >= 11 is 0. The van der Waals surface area contributed by atoms with E-state index in [0.717, 1.165) is 16.7 Å². The number of rotatable bonds is 4. The highest BCUT2D eigenvalue weighted by Crippen LogP contribution is 2.38. The van der Waals surface area contributed by atoms with Gasteiger partial charge in [-0.15, -0.1) is 0 Å². The van der Waals surface area contributed by atoms with Gasteiger partial charge in [0.25, 0.3) is 5.91 Å². The molecule has 4 rings (SSSR count). The van der Waals surface area contributed by atoms with Crippen LogP contribution in [0.1, 0.15) is 19.4 Å². The molecule has 0 unspecified atom stereocenters. The summed E-state index contributed by atoms with van der Waals surface area (Å²) in [5.41, 5.74) is 3.18. The molecule has 2 amide bonds. The van der Waals surface area contributed by atoms with Crippen LogP contribution in [0.15, 0.2) is 78.9 Å². The highest BCUT2D eigenvalue weighted by Gasteiger charge is 2.36. The number of carbonyl (C=O) groups excluding carboxylic acids is 2. The van der Waals surface area contributed by atoms with Crippen LogP contribution >= 0.6 is 0 Å². The minimum absolute atomic E-state index is 0.259. The first-order valence-corrected chi connectivity index (χ1v) is 9.70. The van der Waals surface area contributed by atoms with Crippen LogP contribution < -0.4 is 15.4 Å². The molecule has 5 heteroatoms. The Morgan fingerprint density at radius 3 is 2.37 bits per heavy atom. The van der Waals surface area contributed by atoms with Crippen LogP contribution in [0.25, 0.3) is 17.2 Å². The molecular formula is C25H22N2O3. The van der Waals surface area contributed by atoms with Crippen LogP contribution in [0.3, 0.4) is 0 Å². The molecular weight excluding hydrogens is 376 g/mol. The lowest BCUT2D eigenvalue weighted by molar-refractivity contribution is -0.129. The molecule has 0 aromatic heterocycles. The lowest BCUT2D eigenvalue weighted by Gasteiger charge is -2.32. The van der Waals surface area contributed by atoms with E-state index in [1.807, 2.05) is 42.5 Å². The number of nitrogens with one attached hydrogen (secondary N) is 2. The molecule has 0 atom stereocenters. The average Bonchev–Trinajstić information content (AvgIpc) is 2.74. The Bertz CT molecular complexity index is 1120. The van der Waals surface area contributed by atoms with Crippen LogP contribution in [0, 0.1) is 0 Å². The van der Waals surface area contributed by atoms with Gasteiger partial charge in [-0.3, -0.25) is 9.59 Å². The molecule has 30 heavy (non-hydrogen) atoms. The summed E-state index contributed by atoms with van der Waals surface area (Å²) < 4.78 is 5.75. The van der Waals surface area contributed by atoms with E-state index in [1.54, 1.807) is 38.1 Å². The van der Waals surface area contributed by atoms with Crippen LogP contribution in [-0.4, -0.2) is 17.4 Å². The molecule has 3 aromatic carbocycles. The van der Waals surface area contributed by atoms with Gasteiger partial charge in [0.05, 0.1) is 5.69 Å². The van der Waals surface area contributed by atoms with Gasteiger partial charge < -0.3 is 15.4 Å². The number of ether oxygens (including phenoxy) is 1. The van der Waals surface area contributed by atoms with Gasteiger partial charge >= 0.3 is 0 Å². The summed E-state index contributed by atoms with van der Waals surface area (Å²) in [6.45, 7) is 3.39. The molecule has 0 radical (unpaired) electrons. The predicted octanol–water partition coefficient (Wildman–Crippen LogP) is 5.12. The third-order valence-corrected chi connectivity index (χ3v) is 4.88. The maximum atomic E-state index is 12.4. The van der Waals surface area contributed by atoms with Crippen LogP contribution in [-0.2, 0) is 9.59 Å². The largest absolute Gasteiger partial charge is 0.476 e. The predicted molar refractivity (Wildman–Crippen MR) is 119 cm³/mol. The lowest BCUT2D eigenvalue weighted by Crippen LogP contribution is -2.45. The van der Waals surface area contributed by atoms with E-state index in [9.17, 15) is 9.59 Å². The zero-order chi connectivity index (χ0) is 21.1. The van der Waals surface area contributed by atoms with Gasteiger partial charge in [-0.2, -0.15) is 0 Å². The highest BCUT2D eigenvalue weighted by atomic mass is 16.5. The summed E-state index contributed by atoms with van der Waals surface area (Å²) in [6.07, 6.45) is 3.21. The van der Waals surface area contributed by atoms with E-state index in [1.165, 1.54) is 6.08 Å². The van der Waals surface area contributed by atoms with Crippen molar-refractivity contribution in [1.82, 2.24) is 0 Å².